The molecule has 0 aliphatic heterocycles. The van der Waals surface area contributed by atoms with Crippen LogP contribution < -0.4 is 5.73 Å². The first-order valence-corrected chi connectivity index (χ1v) is 4.75. The second-order valence-electron chi connectivity index (χ2n) is 2.90. The van der Waals surface area contributed by atoms with Gasteiger partial charge in [-0.05, 0) is 34.5 Å². The lowest BCUT2D eigenvalue weighted by Crippen LogP contribution is -2.15. The van der Waals surface area contributed by atoms with Crippen molar-refractivity contribution in [3.05, 3.63) is 22.6 Å². The van der Waals surface area contributed by atoms with E-state index in [-0.39, 0.29) is 18.8 Å². The molecule has 1 aromatic rings. The van der Waals surface area contributed by atoms with Gasteiger partial charge in [-0.3, -0.25) is 0 Å². The Morgan fingerprint density at radius 1 is 1.40 bits per heavy atom. The molecular formula is C8H10BrClF3NO. The van der Waals surface area contributed by atoms with Crippen molar-refractivity contribution < 1.29 is 17.6 Å². The zero-order chi connectivity index (χ0) is 10.8. The summed E-state index contributed by atoms with van der Waals surface area (Å²) in [4.78, 5) is 0. The highest BCUT2D eigenvalue weighted by atomic mass is 79.9. The smallest absolute Gasteiger partial charge is 0.389 e. The van der Waals surface area contributed by atoms with Crippen molar-refractivity contribution >= 4 is 28.3 Å². The van der Waals surface area contributed by atoms with Crippen LogP contribution in [0.1, 0.15) is 24.6 Å². The normalized spacial score (nSPS) is 13.4. The van der Waals surface area contributed by atoms with Crippen LogP contribution in [0.15, 0.2) is 21.2 Å². The molecule has 0 saturated carbocycles. The van der Waals surface area contributed by atoms with Crippen LogP contribution in [-0.4, -0.2) is 6.18 Å². The van der Waals surface area contributed by atoms with Gasteiger partial charge in [0.05, 0.1) is 6.04 Å². The molecule has 88 valence electrons. The molecule has 0 radical (unpaired) electrons. The minimum absolute atomic E-state index is 0. The third kappa shape index (κ3) is 5.44. The van der Waals surface area contributed by atoms with Crippen LogP contribution in [0.4, 0.5) is 13.2 Å². The Kier molecular flexibility index (Phi) is 5.69. The van der Waals surface area contributed by atoms with Gasteiger partial charge in [0.15, 0.2) is 4.67 Å². The lowest BCUT2D eigenvalue weighted by Gasteiger charge is -2.10. The van der Waals surface area contributed by atoms with Gasteiger partial charge in [-0.25, -0.2) is 0 Å². The third-order valence-electron chi connectivity index (χ3n) is 1.70. The van der Waals surface area contributed by atoms with Gasteiger partial charge in [0.1, 0.15) is 5.76 Å². The summed E-state index contributed by atoms with van der Waals surface area (Å²) in [7, 11) is 0. The summed E-state index contributed by atoms with van der Waals surface area (Å²) in [5.74, 6) is 0.362. The van der Waals surface area contributed by atoms with Gasteiger partial charge in [0, 0.05) is 6.42 Å². The quantitative estimate of drug-likeness (QED) is 0.922. The minimum Gasteiger partial charge on any atom is -0.453 e. The molecule has 0 aromatic carbocycles. The standard InChI is InChI=1S/C8H9BrF3NO.ClH/c9-7-2-1-6(14-7)5(13)3-4-8(10,11)12;/h1-2,5H,3-4,13H2;1H/t5-;/m1./s1. The average Bonchev–Trinajstić information content (AvgIpc) is 2.46. The largest absolute Gasteiger partial charge is 0.453 e. The van der Waals surface area contributed by atoms with Gasteiger partial charge in [-0.15, -0.1) is 12.4 Å². The Balaban J connectivity index is 0.00000196. The van der Waals surface area contributed by atoms with Gasteiger partial charge in [-0.1, -0.05) is 0 Å². The number of hydrogen-bond donors (Lipinski definition) is 1. The van der Waals surface area contributed by atoms with Crippen molar-refractivity contribution in [3.63, 3.8) is 0 Å². The average molecular weight is 309 g/mol. The van der Waals surface area contributed by atoms with Gasteiger partial charge in [0.2, 0.25) is 0 Å². The minimum atomic E-state index is -4.17. The Bertz CT molecular complexity index is 302. The molecule has 1 aromatic heterocycles. The number of rotatable bonds is 3. The Labute approximate surface area is 99.5 Å². The summed E-state index contributed by atoms with van der Waals surface area (Å²) < 4.78 is 41.0. The third-order valence-corrected chi connectivity index (χ3v) is 2.12. The molecule has 0 unspecified atom stereocenters. The molecular weight excluding hydrogens is 298 g/mol. The van der Waals surface area contributed by atoms with E-state index >= 15 is 0 Å². The lowest BCUT2D eigenvalue weighted by molar-refractivity contribution is -0.136. The van der Waals surface area contributed by atoms with E-state index in [0.717, 1.165) is 0 Å². The molecule has 0 fully saturated rings. The highest BCUT2D eigenvalue weighted by Gasteiger charge is 2.28. The lowest BCUT2D eigenvalue weighted by atomic mass is 10.1. The summed E-state index contributed by atoms with van der Waals surface area (Å²) in [5.41, 5.74) is 5.50. The van der Waals surface area contributed by atoms with Crippen LogP contribution in [0.3, 0.4) is 0 Å². The molecule has 0 spiro atoms. The molecule has 0 saturated heterocycles. The van der Waals surface area contributed by atoms with E-state index in [1.807, 2.05) is 0 Å². The molecule has 1 heterocycles. The van der Waals surface area contributed by atoms with E-state index in [9.17, 15) is 13.2 Å². The summed E-state index contributed by atoms with van der Waals surface area (Å²) in [6, 6.07) is 2.45. The van der Waals surface area contributed by atoms with E-state index in [4.69, 9.17) is 10.2 Å². The fourth-order valence-corrected chi connectivity index (χ4v) is 1.31. The van der Waals surface area contributed by atoms with Crippen molar-refractivity contribution in [2.24, 2.45) is 5.73 Å². The van der Waals surface area contributed by atoms with Crippen molar-refractivity contribution in [2.75, 3.05) is 0 Å². The number of halogens is 5. The van der Waals surface area contributed by atoms with Crippen molar-refractivity contribution in [2.45, 2.75) is 25.1 Å². The van der Waals surface area contributed by atoms with Gasteiger partial charge < -0.3 is 10.2 Å². The first-order chi connectivity index (χ1) is 6.38. The van der Waals surface area contributed by atoms with Gasteiger partial charge >= 0.3 is 6.18 Å². The van der Waals surface area contributed by atoms with Crippen molar-refractivity contribution in [1.29, 1.82) is 0 Å². The van der Waals surface area contributed by atoms with Crippen molar-refractivity contribution in [3.8, 4) is 0 Å². The zero-order valence-electron chi connectivity index (χ0n) is 7.55. The van der Waals surface area contributed by atoms with Gasteiger partial charge in [-0.2, -0.15) is 13.2 Å². The SMILES string of the molecule is Cl.N[C@H](CCC(F)(F)F)c1ccc(Br)o1. The van der Waals surface area contributed by atoms with Crippen LogP contribution in [-0.2, 0) is 0 Å². The fraction of sp³-hybridized carbons (Fsp3) is 0.500. The molecule has 1 atom stereocenters. The van der Waals surface area contributed by atoms with E-state index in [1.54, 1.807) is 12.1 Å². The molecule has 1 rings (SSSR count). The summed E-state index contributed by atoms with van der Waals surface area (Å²) in [6.45, 7) is 0. The first-order valence-electron chi connectivity index (χ1n) is 3.96. The number of furan rings is 1. The highest BCUT2D eigenvalue weighted by molar-refractivity contribution is 9.10. The summed E-state index contributed by atoms with van der Waals surface area (Å²) in [6.07, 6.45) is -5.22. The Morgan fingerprint density at radius 2 is 2.00 bits per heavy atom. The Hall–Kier alpha value is -0.200. The highest BCUT2D eigenvalue weighted by Crippen LogP contribution is 2.27. The van der Waals surface area contributed by atoms with Gasteiger partial charge in [0.25, 0.3) is 0 Å². The summed E-state index contributed by atoms with van der Waals surface area (Å²) in [5, 5.41) is 0. The second kappa shape index (κ2) is 5.77. The molecule has 0 aliphatic rings. The molecule has 15 heavy (non-hydrogen) atoms. The van der Waals surface area contributed by atoms with Crippen LogP contribution in [0.2, 0.25) is 0 Å². The maximum Gasteiger partial charge on any atom is 0.389 e. The molecule has 2 nitrogen and oxygen atoms in total. The summed E-state index contributed by atoms with van der Waals surface area (Å²) >= 11 is 3.05. The number of alkyl halides is 3. The number of hydrogen-bond acceptors (Lipinski definition) is 2. The first kappa shape index (κ1) is 14.8. The maximum absolute atomic E-state index is 11.8. The molecule has 7 heteroatoms. The van der Waals surface area contributed by atoms with Crippen LogP contribution in [0.5, 0.6) is 0 Å². The molecule has 0 bridgehead atoms. The predicted molar refractivity (Wildman–Crippen MR) is 55.9 cm³/mol. The monoisotopic (exact) mass is 307 g/mol. The zero-order valence-corrected chi connectivity index (χ0v) is 9.95. The molecule has 0 aliphatic carbocycles. The predicted octanol–water partition coefficient (Wildman–Crippen LogP) is 3.81. The maximum atomic E-state index is 11.8. The second-order valence-corrected chi connectivity index (χ2v) is 3.68. The Morgan fingerprint density at radius 3 is 2.40 bits per heavy atom. The van der Waals surface area contributed by atoms with Crippen LogP contribution >= 0.6 is 28.3 Å². The van der Waals surface area contributed by atoms with E-state index in [0.29, 0.717) is 10.4 Å². The molecule has 0 amide bonds. The van der Waals surface area contributed by atoms with Crippen LogP contribution in [0.25, 0.3) is 0 Å². The van der Waals surface area contributed by atoms with E-state index in [1.165, 1.54) is 0 Å². The molecule has 2 N–H and O–H groups in total. The fourth-order valence-electron chi connectivity index (χ4n) is 0.989. The van der Waals surface area contributed by atoms with E-state index in [2.05, 4.69) is 15.9 Å². The number of nitrogens with two attached hydrogens (primary N) is 1. The van der Waals surface area contributed by atoms with Crippen molar-refractivity contribution in [1.82, 2.24) is 0 Å². The van der Waals surface area contributed by atoms with Crippen LogP contribution in [0, 0.1) is 0 Å². The topological polar surface area (TPSA) is 39.2 Å². The van der Waals surface area contributed by atoms with E-state index < -0.39 is 18.6 Å².